The van der Waals surface area contributed by atoms with Crippen LogP contribution in [0.3, 0.4) is 0 Å². The fraction of sp³-hybridized carbons (Fsp3) is 0.115. The number of rotatable bonds is 4. The number of anilines is 1. The average molecular weight is 392 g/mol. The summed E-state index contributed by atoms with van der Waals surface area (Å²) in [5.74, 6) is -0.0388. The maximum absolute atomic E-state index is 13.0. The van der Waals surface area contributed by atoms with Gasteiger partial charge >= 0.3 is 0 Å². The lowest BCUT2D eigenvalue weighted by molar-refractivity contribution is 0.0962. The second-order valence-electron chi connectivity index (χ2n) is 7.90. The summed E-state index contributed by atoms with van der Waals surface area (Å²) >= 11 is 0. The highest BCUT2D eigenvalue weighted by Crippen LogP contribution is 2.37. The first-order valence-corrected chi connectivity index (χ1v) is 10.2. The third-order valence-electron chi connectivity index (χ3n) is 6.12. The predicted octanol–water partition coefficient (Wildman–Crippen LogP) is 4.97. The average Bonchev–Trinajstić information content (AvgIpc) is 3.24. The topological polar surface area (TPSA) is 45.5 Å². The van der Waals surface area contributed by atoms with Crippen molar-refractivity contribution in [1.29, 1.82) is 0 Å². The number of fused-ring (bicyclic) bond motifs is 3. The molecule has 0 fully saturated rings. The highest BCUT2D eigenvalue weighted by molar-refractivity contribution is 6.25. The number of aliphatic hydroxyl groups is 1. The van der Waals surface area contributed by atoms with Crippen molar-refractivity contribution in [2.45, 2.75) is 12.6 Å². The van der Waals surface area contributed by atoms with Gasteiger partial charge in [0.2, 0.25) is 0 Å². The zero-order chi connectivity index (χ0) is 20.2. The second-order valence-corrected chi connectivity index (χ2v) is 7.90. The van der Waals surface area contributed by atoms with E-state index in [1.54, 1.807) is 4.90 Å². The number of aromatic nitrogens is 1. The summed E-state index contributed by atoms with van der Waals surface area (Å²) in [6.45, 7) is 0.678. The van der Waals surface area contributed by atoms with Gasteiger partial charge in [-0.3, -0.25) is 4.79 Å². The molecule has 0 radical (unpaired) electrons. The smallest absolute Gasteiger partial charge is 0.259 e. The Hall–Kier alpha value is -3.63. The van der Waals surface area contributed by atoms with Gasteiger partial charge in [0.25, 0.3) is 5.91 Å². The Morgan fingerprint density at radius 1 is 0.733 bits per heavy atom. The minimum Gasteiger partial charge on any atom is -0.389 e. The molecule has 0 bridgehead atoms. The minimum atomic E-state index is -0.697. The Labute approximate surface area is 173 Å². The van der Waals surface area contributed by atoms with E-state index in [-0.39, 0.29) is 12.5 Å². The summed E-state index contributed by atoms with van der Waals surface area (Å²) < 4.78 is 2.16. The van der Waals surface area contributed by atoms with E-state index in [0.717, 1.165) is 27.5 Å². The molecule has 1 amide bonds. The number of amides is 1. The van der Waals surface area contributed by atoms with Gasteiger partial charge in [-0.05, 0) is 29.7 Å². The number of β-amino-alcohol motifs (C(OH)–C–C–N with tert-alkyl or cyclic N) is 1. The molecule has 4 nitrogen and oxygen atoms in total. The zero-order valence-corrected chi connectivity index (χ0v) is 16.3. The molecule has 4 aromatic carbocycles. The van der Waals surface area contributed by atoms with Crippen molar-refractivity contribution in [3.63, 3.8) is 0 Å². The Balaban J connectivity index is 1.37. The summed E-state index contributed by atoms with van der Waals surface area (Å²) in [6, 6.07) is 28.3. The summed E-state index contributed by atoms with van der Waals surface area (Å²) in [5.41, 5.74) is 3.79. The van der Waals surface area contributed by atoms with E-state index in [0.29, 0.717) is 12.1 Å². The number of carbonyl (C=O) groups is 1. The van der Waals surface area contributed by atoms with Crippen LogP contribution in [0.5, 0.6) is 0 Å². The van der Waals surface area contributed by atoms with Crippen LogP contribution >= 0.6 is 0 Å². The standard InChI is InChI=1S/C26H20N2O2/c29-18(15-27-22-12-3-1-9-19(22)20-10-2-4-13-23(20)27)16-28-24-14-6-8-17-7-5-11-21(25(17)24)26(28)30/h1-14,18,29H,15-16H2/t18-/m0/s1. The summed E-state index contributed by atoms with van der Waals surface area (Å²) in [6.07, 6.45) is -0.697. The first-order chi connectivity index (χ1) is 14.7. The molecule has 0 spiro atoms. The Morgan fingerprint density at radius 3 is 2.07 bits per heavy atom. The van der Waals surface area contributed by atoms with Crippen LogP contribution in [0.4, 0.5) is 5.69 Å². The fourth-order valence-electron chi connectivity index (χ4n) is 4.84. The highest BCUT2D eigenvalue weighted by atomic mass is 16.3. The number of carbonyl (C=O) groups excluding carboxylic acids is 1. The molecule has 6 rings (SSSR count). The van der Waals surface area contributed by atoms with Gasteiger partial charge < -0.3 is 14.6 Å². The second kappa shape index (κ2) is 6.44. The van der Waals surface area contributed by atoms with Gasteiger partial charge in [0.15, 0.2) is 0 Å². The Morgan fingerprint density at radius 2 is 1.37 bits per heavy atom. The number of benzene rings is 4. The van der Waals surface area contributed by atoms with Crippen molar-refractivity contribution < 1.29 is 9.90 Å². The first-order valence-electron chi connectivity index (χ1n) is 10.2. The molecule has 1 aromatic heterocycles. The Bertz CT molecular complexity index is 1390. The number of para-hydroxylation sites is 2. The molecular formula is C26H20N2O2. The van der Waals surface area contributed by atoms with Gasteiger partial charge in [0.1, 0.15) is 0 Å². The molecule has 4 heteroatoms. The molecule has 0 aliphatic carbocycles. The Kier molecular flexibility index (Phi) is 3.70. The molecule has 146 valence electrons. The molecule has 2 heterocycles. The molecule has 5 aromatic rings. The van der Waals surface area contributed by atoms with Crippen LogP contribution in [0.25, 0.3) is 32.6 Å². The molecule has 1 aliphatic rings. The van der Waals surface area contributed by atoms with Gasteiger partial charge in [0.05, 0.1) is 24.9 Å². The van der Waals surface area contributed by atoms with E-state index in [1.165, 1.54) is 10.8 Å². The minimum absolute atomic E-state index is 0.0388. The lowest BCUT2D eigenvalue weighted by Crippen LogP contribution is -2.36. The summed E-state index contributed by atoms with van der Waals surface area (Å²) in [4.78, 5) is 14.8. The fourth-order valence-corrected chi connectivity index (χ4v) is 4.84. The number of hydrogen-bond donors (Lipinski definition) is 1. The highest BCUT2D eigenvalue weighted by Gasteiger charge is 2.31. The molecule has 0 saturated heterocycles. The van der Waals surface area contributed by atoms with Crippen molar-refractivity contribution in [2.24, 2.45) is 0 Å². The lowest BCUT2D eigenvalue weighted by Gasteiger charge is -2.22. The number of aliphatic hydroxyl groups excluding tert-OH is 1. The summed E-state index contributed by atoms with van der Waals surface area (Å²) in [5, 5.41) is 15.4. The summed E-state index contributed by atoms with van der Waals surface area (Å²) in [7, 11) is 0. The van der Waals surface area contributed by atoms with Crippen molar-refractivity contribution in [2.75, 3.05) is 11.4 Å². The van der Waals surface area contributed by atoms with Gasteiger partial charge in [-0.15, -0.1) is 0 Å². The maximum Gasteiger partial charge on any atom is 0.259 e. The van der Waals surface area contributed by atoms with E-state index >= 15 is 0 Å². The van der Waals surface area contributed by atoms with Gasteiger partial charge in [-0.25, -0.2) is 0 Å². The van der Waals surface area contributed by atoms with Crippen LogP contribution in [-0.4, -0.2) is 28.2 Å². The SMILES string of the molecule is O=C1c2cccc3cccc(c23)N1C[C@@H](O)Cn1c2ccccc2c2ccccc21. The van der Waals surface area contributed by atoms with Crippen LogP contribution in [0.2, 0.25) is 0 Å². The van der Waals surface area contributed by atoms with Gasteiger partial charge in [0, 0.05) is 32.8 Å². The molecule has 1 aliphatic heterocycles. The molecule has 1 atom stereocenters. The van der Waals surface area contributed by atoms with E-state index in [1.807, 2.05) is 60.7 Å². The molecule has 30 heavy (non-hydrogen) atoms. The predicted molar refractivity (Wildman–Crippen MR) is 121 cm³/mol. The van der Waals surface area contributed by atoms with Crippen molar-refractivity contribution in [3.8, 4) is 0 Å². The maximum atomic E-state index is 13.0. The van der Waals surface area contributed by atoms with Crippen molar-refractivity contribution in [3.05, 3.63) is 90.5 Å². The molecule has 1 N–H and O–H groups in total. The lowest BCUT2D eigenvalue weighted by atomic mass is 10.1. The van der Waals surface area contributed by atoms with Crippen LogP contribution in [0.1, 0.15) is 10.4 Å². The van der Waals surface area contributed by atoms with Crippen molar-refractivity contribution in [1.82, 2.24) is 4.57 Å². The van der Waals surface area contributed by atoms with E-state index in [4.69, 9.17) is 0 Å². The normalized spacial score (nSPS) is 14.3. The van der Waals surface area contributed by atoms with Crippen LogP contribution in [-0.2, 0) is 6.54 Å². The molecular weight excluding hydrogens is 372 g/mol. The van der Waals surface area contributed by atoms with Crippen LogP contribution in [0, 0.1) is 0 Å². The first kappa shape index (κ1) is 17.2. The third-order valence-corrected chi connectivity index (χ3v) is 6.12. The zero-order valence-electron chi connectivity index (χ0n) is 16.3. The quantitative estimate of drug-likeness (QED) is 0.469. The molecule has 0 unspecified atom stereocenters. The molecule has 0 saturated carbocycles. The monoisotopic (exact) mass is 392 g/mol. The van der Waals surface area contributed by atoms with Gasteiger partial charge in [-0.1, -0.05) is 60.7 Å². The van der Waals surface area contributed by atoms with Crippen LogP contribution < -0.4 is 4.90 Å². The number of hydrogen-bond acceptors (Lipinski definition) is 2. The van der Waals surface area contributed by atoms with E-state index in [9.17, 15) is 9.90 Å². The third kappa shape index (κ3) is 2.41. The van der Waals surface area contributed by atoms with E-state index < -0.39 is 6.10 Å². The van der Waals surface area contributed by atoms with Crippen molar-refractivity contribution >= 4 is 44.2 Å². The number of nitrogens with zero attached hydrogens (tertiary/aromatic N) is 2. The largest absolute Gasteiger partial charge is 0.389 e. The van der Waals surface area contributed by atoms with Crippen LogP contribution in [0.15, 0.2) is 84.9 Å². The van der Waals surface area contributed by atoms with E-state index in [2.05, 4.69) is 28.8 Å². The van der Waals surface area contributed by atoms with Gasteiger partial charge in [-0.2, -0.15) is 0 Å².